The number of nitrogens with one attached hydrogen (secondary N) is 1. The highest BCUT2D eigenvalue weighted by atomic mass is 35.5. The molecule has 0 aromatic heterocycles. The molecule has 0 fully saturated rings. The molecular formula is C18H18ClFN2O2. The van der Waals surface area contributed by atoms with E-state index in [1.807, 2.05) is 0 Å². The van der Waals surface area contributed by atoms with Crippen molar-refractivity contribution in [1.29, 1.82) is 0 Å². The van der Waals surface area contributed by atoms with Crippen molar-refractivity contribution in [2.24, 2.45) is 5.73 Å². The fourth-order valence-corrected chi connectivity index (χ4v) is 2.64. The highest BCUT2D eigenvalue weighted by Gasteiger charge is 2.23. The highest BCUT2D eigenvalue weighted by molar-refractivity contribution is 6.30. The molecule has 1 unspecified atom stereocenters. The van der Waals surface area contributed by atoms with Crippen LogP contribution in [0.5, 0.6) is 0 Å². The van der Waals surface area contributed by atoms with Gasteiger partial charge in [0, 0.05) is 5.02 Å². The van der Waals surface area contributed by atoms with E-state index in [-0.39, 0.29) is 6.42 Å². The number of halogens is 2. The summed E-state index contributed by atoms with van der Waals surface area (Å²) >= 11 is 5.96. The van der Waals surface area contributed by atoms with E-state index in [1.54, 1.807) is 49.4 Å². The SMILES string of the molecule is CC(C(=O)N[C@H](CC(N)=O)c1cccc(Cl)c1)c1ccccc1F. The first kappa shape index (κ1) is 17.9. The molecule has 0 spiro atoms. The molecule has 0 radical (unpaired) electrons. The van der Waals surface area contributed by atoms with Crippen LogP contribution in [0.4, 0.5) is 4.39 Å². The molecule has 4 nitrogen and oxygen atoms in total. The molecular weight excluding hydrogens is 331 g/mol. The number of carbonyl (C=O) groups excluding carboxylic acids is 2. The van der Waals surface area contributed by atoms with Crippen LogP contribution >= 0.6 is 11.6 Å². The summed E-state index contributed by atoms with van der Waals surface area (Å²) < 4.78 is 13.9. The van der Waals surface area contributed by atoms with Crippen LogP contribution in [-0.2, 0) is 9.59 Å². The van der Waals surface area contributed by atoms with E-state index in [9.17, 15) is 14.0 Å². The maximum atomic E-state index is 13.9. The van der Waals surface area contributed by atoms with Crippen LogP contribution in [0.15, 0.2) is 48.5 Å². The summed E-state index contributed by atoms with van der Waals surface area (Å²) in [5.41, 5.74) is 6.23. The van der Waals surface area contributed by atoms with Gasteiger partial charge in [0.05, 0.1) is 18.4 Å². The number of primary amides is 1. The third kappa shape index (κ3) is 4.55. The van der Waals surface area contributed by atoms with Crippen LogP contribution in [0.2, 0.25) is 5.02 Å². The Labute approximate surface area is 144 Å². The highest BCUT2D eigenvalue weighted by Crippen LogP contribution is 2.24. The smallest absolute Gasteiger partial charge is 0.227 e. The largest absolute Gasteiger partial charge is 0.370 e. The van der Waals surface area contributed by atoms with Crippen molar-refractivity contribution in [3.8, 4) is 0 Å². The van der Waals surface area contributed by atoms with Gasteiger partial charge in [0.15, 0.2) is 0 Å². The lowest BCUT2D eigenvalue weighted by Crippen LogP contribution is -2.34. The molecule has 0 saturated carbocycles. The Morgan fingerprint density at radius 1 is 1.21 bits per heavy atom. The third-order valence-corrected chi connectivity index (χ3v) is 3.97. The Morgan fingerprint density at radius 2 is 1.92 bits per heavy atom. The minimum absolute atomic E-state index is 0.0733. The van der Waals surface area contributed by atoms with Gasteiger partial charge in [0.1, 0.15) is 5.82 Å². The van der Waals surface area contributed by atoms with Gasteiger partial charge < -0.3 is 11.1 Å². The summed E-state index contributed by atoms with van der Waals surface area (Å²) in [6.07, 6.45) is -0.0733. The van der Waals surface area contributed by atoms with Crippen molar-refractivity contribution in [3.63, 3.8) is 0 Å². The van der Waals surface area contributed by atoms with Gasteiger partial charge in [-0.2, -0.15) is 0 Å². The topological polar surface area (TPSA) is 72.2 Å². The van der Waals surface area contributed by atoms with Crippen molar-refractivity contribution in [3.05, 3.63) is 70.5 Å². The fraction of sp³-hybridized carbons (Fsp3) is 0.222. The quantitative estimate of drug-likeness (QED) is 0.840. The van der Waals surface area contributed by atoms with Crippen LogP contribution in [0, 0.1) is 5.82 Å². The first-order chi connectivity index (χ1) is 11.4. The molecule has 2 amide bonds. The molecule has 2 rings (SSSR count). The minimum Gasteiger partial charge on any atom is -0.370 e. The second-order valence-corrected chi connectivity index (χ2v) is 5.97. The van der Waals surface area contributed by atoms with E-state index in [4.69, 9.17) is 17.3 Å². The van der Waals surface area contributed by atoms with Crippen molar-refractivity contribution in [1.82, 2.24) is 5.32 Å². The van der Waals surface area contributed by atoms with Gasteiger partial charge in [-0.3, -0.25) is 9.59 Å². The van der Waals surface area contributed by atoms with Gasteiger partial charge in [-0.05, 0) is 36.2 Å². The zero-order chi connectivity index (χ0) is 17.7. The molecule has 0 aliphatic carbocycles. The molecule has 6 heteroatoms. The van der Waals surface area contributed by atoms with E-state index in [1.165, 1.54) is 6.07 Å². The van der Waals surface area contributed by atoms with E-state index in [2.05, 4.69) is 5.32 Å². The number of rotatable bonds is 6. The Morgan fingerprint density at radius 3 is 2.54 bits per heavy atom. The lowest BCUT2D eigenvalue weighted by atomic mass is 9.97. The first-order valence-corrected chi connectivity index (χ1v) is 7.85. The molecule has 2 aromatic rings. The van der Waals surface area contributed by atoms with E-state index in [0.29, 0.717) is 16.1 Å². The molecule has 24 heavy (non-hydrogen) atoms. The van der Waals surface area contributed by atoms with Crippen LogP contribution in [0.3, 0.4) is 0 Å². The van der Waals surface area contributed by atoms with Crippen molar-refractivity contribution < 1.29 is 14.0 Å². The predicted octanol–water partition coefficient (Wildman–Crippen LogP) is 3.32. The van der Waals surface area contributed by atoms with Gasteiger partial charge in [-0.25, -0.2) is 4.39 Å². The number of amides is 2. The summed E-state index contributed by atoms with van der Waals surface area (Å²) in [7, 11) is 0. The van der Waals surface area contributed by atoms with Gasteiger partial charge in [-0.15, -0.1) is 0 Å². The second-order valence-electron chi connectivity index (χ2n) is 5.53. The lowest BCUT2D eigenvalue weighted by Gasteiger charge is -2.21. The van der Waals surface area contributed by atoms with Gasteiger partial charge in [-0.1, -0.05) is 41.9 Å². The molecule has 2 aromatic carbocycles. The monoisotopic (exact) mass is 348 g/mol. The maximum absolute atomic E-state index is 13.9. The molecule has 0 aliphatic rings. The normalized spacial score (nSPS) is 13.1. The summed E-state index contributed by atoms with van der Waals surface area (Å²) in [6.45, 7) is 1.60. The second kappa shape index (κ2) is 7.93. The zero-order valence-corrected chi connectivity index (χ0v) is 13.9. The average molecular weight is 349 g/mol. The van der Waals surface area contributed by atoms with Gasteiger partial charge >= 0.3 is 0 Å². The molecule has 0 saturated heterocycles. The fourth-order valence-electron chi connectivity index (χ4n) is 2.44. The van der Waals surface area contributed by atoms with Crippen molar-refractivity contribution in [2.75, 3.05) is 0 Å². The Bertz CT molecular complexity index is 751. The summed E-state index contributed by atoms with van der Waals surface area (Å²) in [5.74, 6) is -2.11. The standard InChI is InChI=1S/C18H18ClFN2O2/c1-11(14-7-2-3-8-15(14)20)18(24)22-16(10-17(21)23)12-5-4-6-13(19)9-12/h2-9,11,16H,10H2,1H3,(H2,21,23)(H,22,24)/t11?,16-/m1/s1. The van der Waals surface area contributed by atoms with Crippen LogP contribution in [-0.4, -0.2) is 11.8 Å². The molecule has 0 heterocycles. The van der Waals surface area contributed by atoms with Crippen LogP contribution in [0.25, 0.3) is 0 Å². The predicted molar refractivity (Wildman–Crippen MR) is 91.0 cm³/mol. The zero-order valence-electron chi connectivity index (χ0n) is 13.1. The summed E-state index contributed by atoms with van der Waals surface area (Å²) in [4.78, 5) is 23.8. The van der Waals surface area contributed by atoms with E-state index < -0.39 is 29.6 Å². The number of carbonyl (C=O) groups is 2. The third-order valence-electron chi connectivity index (χ3n) is 3.74. The number of hydrogen-bond acceptors (Lipinski definition) is 2. The maximum Gasteiger partial charge on any atom is 0.227 e. The van der Waals surface area contributed by atoms with Crippen LogP contribution in [0.1, 0.15) is 36.4 Å². The average Bonchev–Trinajstić information content (AvgIpc) is 2.53. The number of hydrogen-bond donors (Lipinski definition) is 2. The first-order valence-electron chi connectivity index (χ1n) is 7.47. The molecule has 2 atom stereocenters. The van der Waals surface area contributed by atoms with Gasteiger partial charge in [0.25, 0.3) is 0 Å². The van der Waals surface area contributed by atoms with Crippen molar-refractivity contribution >= 4 is 23.4 Å². The van der Waals surface area contributed by atoms with E-state index >= 15 is 0 Å². The molecule has 126 valence electrons. The molecule has 0 aliphatic heterocycles. The number of nitrogens with two attached hydrogens (primary N) is 1. The Hall–Kier alpha value is -2.40. The molecule has 0 bridgehead atoms. The molecule has 3 N–H and O–H groups in total. The summed E-state index contributed by atoms with van der Waals surface area (Å²) in [5, 5.41) is 3.24. The Balaban J connectivity index is 2.21. The van der Waals surface area contributed by atoms with Gasteiger partial charge in [0.2, 0.25) is 11.8 Å². The number of benzene rings is 2. The minimum atomic E-state index is -0.708. The van der Waals surface area contributed by atoms with E-state index in [0.717, 1.165) is 0 Å². The lowest BCUT2D eigenvalue weighted by molar-refractivity contribution is -0.123. The van der Waals surface area contributed by atoms with Crippen molar-refractivity contribution in [2.45, 2.75) is 25.3 Å². The summed E-state index contributed by atoms with van der Waals surface area (Å²) in [6, 6.07) is 12.3. The Kier molecular flexibility index (Phi) is 5.93. The van der Waals surface area contributed by atoms with Crippen LogP contribution < -0.4 is 11.1 Å².